The van der Waals surface area contributed by atoms with E-state index in [1.807, 2.05) is 31.2 Å². The zero-order valence-corrected chi connectivity index (χ0v) is 20.1. The van der Waals surface area contributed by atoms with Crippen molar-refractivity contribution in [1.29, 1.82) is 0 Å². The van der Waals surface area contributed by atoms with Crippen molar-refractivity contribution in [3.8, 4) is 5.69 Å². The fourth-order valence-electron chi connectivity index (χ4n) is 3.58. The molecule has 0 bridgehead atoms. The van der Waals surface area contributed by atoms with Crippen LogP contribution in [-0.4, -0.2) is 39.1 Å². The van der Waals surface area contributed by atoms with E-state index in [-0.39, 0.29) is 5.91 Å². The van der Waals surface area contributed by atoms with Gasteiger partial charge in [0.05, 0.1) is 5.69 Å². The highest BCUT2D eigenvalue weighted by Crippen LogP contribution is 2.23. The Bertz CT molecular complexity index is 1070. The van der Waals surface area contributed by atoms with Gasteiger partial charge in [-0.15, -0.1) is 10.2 Å². The van der Waals surface area contributed by atoms with Crippen molar-refractivity contribution in [3.05, 3.63) is 42.0 Å². The van der Waals surface area contributed by atoms with Crippen LogP contribution in [0.2, 0.25) is 0 Å². The van der Waals surface area contributed by atoms with Crippen LogP contribution < -0.4 is 15.5 Å². The molecule has 170 valence electrons. The lowest BCUT2D eigenvalue weighted by Gasteiger charge is -2.20. The molecule has 0 saturated heterocycles. The van der Waals surface area contributed by atoms with Crippen molar-refractivity contribution in [2.75, 3.05) is 23.3 Å². The summed E-state index contributed by atoms with van der Waals surface area (Å²) in [6, 6.07) is 12.1. The number of amides is 1. The number of thiocarbonyl (C=S) groups is 1. The second-order valence-corrected chi connectivity index (χ2v) is 8.20. The van der Waals surface area contributed by atoms with Crippen LogP contribution in [0.15, 0.2) is 36.4 Å². The molecule has 0 aliphatic heterocycles. The average Bonchev–Trinajstić information content (AvgIpc) is 3.18. The van der Waals surface area contributed by atoms with Gasteiger partial charge in [-0.25, -0.2) is 0 Å². The van der Waals surface area contributed by atoms with Gasteiger partial charge < -0.3 is 15.5 Å². The molecule has 3 rings (SSSR count). The molecule has 2 N–H and O–H groups in total. The minimum Gasteiger partial charge on any atom is -0.372 e. The fraction of sp³-hybridized carbons (Fsp3) is 0.417. The topological polar surface area (TPSA) is 75.1 Å². The first kappa shape index (κ1) is 23.7. The molecule has 32 heavy (non-hydrogen) atoms. The fourth-order valence-corrected chi connectivity index (χ4v) is 3.81. The van der Waals surface area contributed by atoms with Gasteiger partial charge in [0.2, 0.25) is 5.91 Å². The maximum atomic E-state index is 12.0. The highest BCUT2D eigenvalue weighted by molar-refractivity contribution is 7.80. The summed E-state index contributed by atoms with van der Waals surface area (Å²) < 4.78 is 0. The molecule has 2 aromatic carbocycles. The van der Waals surface area contributed by atoms with Crippen molar-refractivity contribution < 1.29 is 4.79 Å². The number of hydrogen-bond acceptors (Lipinski definition) is 5. The zero-order valence-electron chi connectivity index (χ0n) is 19.3. The van der Waals surface area contributed by atoms with Crippen molar-refractivity contribution in [3.63, 3.8) is 0 Å². The Kier molecular flexibility index (Phi) is 8.16. The molecule has 0 atom stereocenters. The summed E-state index contributed by atoms with van der Waals surface area (Å²) in [5.41, 5.74) is 5.42. The highest BCUT2D eigenvalue weighted by Gasteiger charge is 2.11. The first-order chi connectivity index (χ1) is 15.4. The van der Waals surface area contributed by atoms with Crippen molar-refractivity contribution in [2.24, 2.45) is 0 Å². The van der Waals surface area contributed by atoms with Crippen LogP contribution in [0, 0.1) is 6.92 Å². The molecule has 3 aromatic rings. The van der Waals surface area contributed by atoms with Crippen LogP contribution >= 0.6 is 12.2 Å². The van der Waals surface area contributed by atoms with Gasteiger partial charge in [-0.3, -0.25) is 4.79 Å². The van der Waals surface area contributed by atoms with E-state index >= 15 is 0 Å². The van der Waals surface area contributed by atoms with Crippen molar-refractivity contribution >= 4 is 45.6 Å². The Morgan fingerprint density at radius 2 is 1.69 bits per heavy atom. The van der Waals surface area contributed by atoms with Crippen LogP contribution in [0.4, 0.5) is 11.4 Å². The predicted octanol–water partition coefficient (Wildman–Crippen LogP) is 4.97. The van der Waals surface area contributed by atoms with Gasteiger partial charge in [0.15, 0.2) is 5.11 Å². The molecule has 1 amide bonds. The number of nitrogens with zero attached hydrogens (tertiary/aromatic N) is 4. The molecule has 0 fully saturated rings. The van der Waals surface area contributed by atoms with Gasteiger partial charge in [-0.2, -0.15) is 4.80 Å². The number of nitrogens with one attached hydrogen (secondary N) is 2. The maximum Gasteiger partial charge on any atom is 0.226 e. The van der Waals surface area contributed by atoms with Gasteiger partial charge >= 0.3 is 0 Å². The van der Waals surface area contributed by atoms with E-state index in [9.17, 15) is 4.79 Å². The van der Waals surface area contributed by atoms with E-state index < -0.39 is 0 Å². The Morgan fingerprint density at radius 3 is 2.31 bits per heavy atom. The number of benzene rings is 2. The molecule has 1 heterocycles. The molecule has 0 unspecified atom stereocenters. The van der Waals surface area contributed by atoms with Crippen molar-refractivity contribution in [1.82, 2.24) is 20.3 Å². The van der Waals surface area contributed by atoms with Crippen LogP contribution in [0.25, 0.3) is 16.7 Å². The van der Waals surface area contributed by atoms with Gasteiger partial charge in [0.1, 0.15) is 11.0 Å². The maximum absolute atomic E-state index is 12.0. The number of anilines is 2. The van der Waals surface area contributed by atoms with E-state index in [2.05, 4.69) is 58.6 Å². The summed E-state index contributed by atoms with van der Waals surface area (Å²) in [4.78, 5) is 16.0. The molecule has 0 saturated carbocycles. The molecular weight excluding hydrogens is 420 g/mol. The lowest BCUT2D eigenvalue weighted by molar-refractivity contribution is -0.119. The van der Waals surface area contributed by atoms with Gasteiger partial charge in [0, 0.05) is 30.9 Å². The van der Waals surface area contributed by atoms with E-state index in [0.29, 0.717) is 11.5 Å². The smallest absolute Gasteiger partial charge is 0.226 e. The predicted molar refractivity (Wildman–Crippen MR) is 136 cm³/mol. The summed E-state index contributed by atoms with van der Waals surface area (Å²) in [5.74, 6) is -0.0613. The minimum absolute atomic E-state index is 0.0613. The molecule has 0 aliphatic carbocycles. The molecule has 7 nitrogen and oxygen atoms in total. The van der Waals surface area contributed by atoms with Gasteiger partial charge in [-0.05, 0) is 81.4 Å². The minimum atomic E-state index is -0.0613. The van der Waals surface area contributed by atoms with Crippen LogP contribution in [0.1, 0.15) is 52.0 Å². The number of fused-ring (bicyclic) bond motifs is 1. The molecule has 0 spiro atoms. The second-order valence-electron chi connectivity index (χ2n) is 7.79. The SMILES string of the molecule is CCCCCC(=O)NC(=S)Nc1cc2nn(-c3ccc(N(CC)CC)cc3)nc2cc1C. The molecule has 8 heteroatoms. The average molecular weight is 453 g/mol. The van der Waals surface area contributed by atoms with E-state index in [0.717, 1.165) is 60.3 Å². The normalized spacial score (nSPS) is 10.9. The highest BCUT2D eigenvalue weighted by atomic mass is 32.1. The number of hydrogen-bond donors (Lipinski definition) is 2. The van der Waals surface area contributed by atoms with Crippen LogP contribution in [0.5, 0.6) is 0 Å². The van der Waals surface area contributed by atoms with Crippen molar-refractivity contribution in [2.45, 2.75) is 53.4 Å². The summed E-state index contributed by atoms with van der Waals surface area (Å²) in [7, 11) is 0. The quantitative estimate of drug-likeness (QED) is 0.353. The third kappa shape index (κ3) is 5.82. The number of unbranched alkanes of at least 4 members (excludes halogenated alkanes) is 2. The summed E-state index contributed by atoms with van der Waals surface area (Å²) in [6.07, 6.45) is 3.47. The number of carbonyl (C=O) groups is 1. The molecule has 0 radical (unpaired) electrons. The monoisotopic (exact) mass is 452 g/mol. The Morgan fingerprint density at radius 1 is 1.03 bits per heavy atom. The largest absolute Gasteiger partial charge is 0.372 e. The summed E-state index contributed by atoms with van der Waals surface area (Å²) in [5, 5.41) is 15.4. The molecule has 0 aliphatic rings. The number of aromatic nitrogens is 3. The number of carbonyl (C=O) groups excluding carboxylic acids is 1. The lowest BCUT2D eigenvalue weighted by atomic mass is 10.2. The first-order valence-electron chi connectivity index (χ1n) is 11.3. The Balaban J connectivity index is 1.73. The third-order valence-electron chi connectivity index (χ3n) is 5.44. The van der Waals surface area contributed by atoms with E-state index in [4.69, 9.17) is 12.2 Å². The lowest BCUT2D eigenvalue weighted by Crippen LogP contribution is -2.34. The summed E-state index contributed by atoms with van der Waals surface area (Å²) >= 11 is 5.32. The molecular formula is C24H32N6OS. The zero-order chi connectivity index (χ0) is 23.1. The van der Waals surface area contributed by atoms with Gasteiger partial charge in [0.25, 0.3) is 0 Å². The van der Waals surface area contributed by atoms with Gasteiger partial charge in [-0.1, -0.05) is 19.8 Å². The summed E-state index contributed by atoms with van der Waals surface area (Å²) in [6.45, 7) is 10.3. The Hall–Kier alpha value is -3.00. The Labute approximate surface area is 195 Å². The van der Waals surface area contributed by atoms with Crippen LogP contribution in [0.3, 0.4) is 0 Å². The van der Waals surface area contributed by atoms with E-state index in [1.165, 1.54) is 5.69 Å². The number of aryl methyl sites for hydroxylation is 1. The molecule has 1 aromatic heterocycles. The number of rotatable bonds is 9. The van der Waals surface area contributed by atoms with E-state index in [1.54, 1.807) is 4.80 Å². The standard InChI is InChI=1S/C24H32N6OS/c1-5-8-9-10-23(31)26-24(32)25-20-16-22-21(15-17(20)4)27-30(28-22)19-13-11-18(12-14-19)29(6-2)7-3/h11-16H,5-10H2,1-4H3,(H2,25,26,31,32). The second kappa shape index (κ2) is 11.0. The first-order valence-corrected chi connectivity index (χ1v) is 11.7. The van der Waals surface area contributed by atoms with Crippen LogP contribution in [-0.2, 0) is 4.79 Å². The third-order valence-corrected chi connectivity index (χ3v) is 5.65.